The van der Waals surface area contributed by atoms with E-state index in [0.717, 1.165) is 0 Å². The molecule has 0 rings (SSSR count). The average molecular weight is 200 g/mol. The van der Waals surface area contributed by atoms with Gasteiger partial charge >= 0.3 is 5.97 Å². The van der Waals surface area contributed by atoms with Crippen LogP contribution in [0.15, 0.2) is 0 Å². The molecule has 0 saturated carbocycles. The second kappa shape index (κ2) is 6.57. The Morgan fingerprint density at radius 3 is 1.86 bits per heavy atom. The van der Waals surface area contributed by atoms with Crippen molar-refractivity contribution in [1.29, 1.82) is 0 Å². The molecule has 0 saturated heterocycles. The maximum absolute atomic E-state index is 11.6. The molecule has 0 aromatic heterocycles. The van der Waals surface area contributed by atoms with Gasteiger partial charge in [0, 0.05) is 12.3 Å². The SMILES string of the molecule is CCC(=O)C(CC)C(CC)C(=O)OC. The molecule has 82 valence electrons. The van der Waals surface area contributed by atoms with Crippen molar-refractivity contribution in [3.8, 4) is 0 Å². The van der Waals surface area contributed by atoms with Gasteiger partial charge in [-0.15, -0.1) is 0 Å². The number of methoxy groups -OCH3 is 1. The molecule has 0 aliphatic rings. The Bertz CT molecular complexity index is 177. The van der Waals surface area contributed by atoms with E-state index in [1.54, 1.807) is 0 Å². The first-order valence-electron chi connectivity index (χ1n) is 5.22. The van der Waals surface area contributed by atoms with Gasteiger partial charge < -0.3 is 4.74 Å². The number of rotatable bonds is 6. The van der Waals surface area contributed by atoms with Gasteiger partial charge in [0.15, 0.2) is 0 Å². The minimum absolute atomic E-state index is 0.157. The van der Waals surface area contributed by atoms with Crippen LogP contribution in [0.3, 0.4) is 0 Å². The number of Topliss-reactive ketones (excluding diaryl/α,β-unsaturated/α-hetero) is 1. The topological polar surface area (TPSA) is 43.4 Å². The van der Waals surface area contributed by atoms with Gasteiger partial charge in [0.05, 0.1) is 13.0 Å². The summed E-state index contributed by atoms with van der Waals surface area (Å²) in [5, 5.41) is 0. The first kappa shape index (κ1) is 13.1. The molecule has 3 nitrogen and oxygen atoms in total. The Hall–Kier alpha value is -0.860. The summed E-state index contributed by atoms with van der Waals surface area (Å²) in [5.41, 5.74) is 0. The molecule has 0 aromatic carbocycles. The molecule has 0 heterocycles. The van der Waals surface area contributed by atoms with Gasteiger partial charge in [-0.1, -0.05) is 20.8 Å². The van der Waals surface area contributed by atoms with Crippen molar-refractivity contribution in [3.05, 3.63) is 0 Å². The Kier molecular flexibility index (Phi) is 6.17. The van der Waals surface area contributed by atoms with E-state index in [4.69, 9.17) is 0 Å². The zero-order chi connectivity index (χ0) is 11.1. The molecule has 0 spiro atoms. The lowest BCUT2D eigenvalue weighted by molar-refractivity contribution is -0.150. The molecule has 0 aliphatic heterocycles. The molecule has 0 radical (unpaired) electrons. The lowest BCUT2D eigenvalue weighted by Crippen LogP contribution is -2.29. The summed E-state index contributed by atoms with van der Waals surface area (Å²) in [6.07, 6.45) is 1.86. The maximum Gasteiger partial charge on any atom is 0.309 e. The van der Waals surface area contributed by atoms with Crippen LogP contribution >= 0.6 is 0 Å². The van der Waals surface area contributed by atoms with Crippen molar-refractivity contribution >= 4 is 11.8 Å². The molecule has 14 heavy (non-hydrogen) atoms. The smallest absolute Gasteiger partial charge is 0.309 e. The van der Waals surface area contributed by atoms with E-state index < -0.39 is 0 Å². The molecule has 0 bridgehead atoms. The predicted molar refractivity (Wildman–Crippen MR) is 54.9 cm³/mol. The summed E-state index contributed by atoms with van der Waals surface area (Å²) in [6, 6.07) is 0. The molecule has 3 heteroatoms. The van der Waals surface area contributed by atoms with Gasteiger partial charge in [-0.3, -0.25) is 9.59 Å². The third kappa shape index (κ3) is 3.13. The van der Waals surface area contributed by atoms with Crippen LogP contribution in [0.25, 0.3) is 0 Å². The second-order valence-electron chi connectivity index (χ2n) is 3.37. The summed E-state index contributed by atoms with van der Waals surface area (Å²) in [7, 11) is 1.37. The maximum atomic E-state index is 11.6. The van der Waals surface area contributed by atoms with Crippen molar-refractivity contribution < 1.29 is 14.3 Å². The van der Waals surface area contributed by atoms with Crippen molar-refractivity contribution in [2.75, 3.05) is 7.11 Å². The highest BCUT2D eigenvalue weighted by Gasteiger charge is 2.30. The van der Waals surface area contributed by atoms with Crippen LogP contribution in [0.1, 0.15) is 40.0 Å². The number of hydrogen-bond donors (Lipinski definition) is 0. The number of ketones is 1. The Labute approximate surface area is 85.8 Å². The lowest BCUT2D eigenvalue weighted by atomic mass is 9.84. The molecular formula is C11H20O3. The van der Waals surface area contributed by atoms with Crippen LogP contribution in [0.5, 0.6) is 0 Å². The Morgan fingerprint density at radius 1 is 1.07 bits per heavy atom. The summed E-state index contributed by atoms with van der Waals surface area (Å²) in [6.45, 7) is 5.67. The van der Waals surface area contributed by atoms with E-state index >= 15 is 0 Å². The van der Waals surface area contributed by atoms with Crippen LogP contribution in [-0.2, 0) is 14.3 Å². The minimum atomic E-state index is -0.266. The number of ether oxygens (including phenoxy) is 1. The molecule has 0 N–H and O–H groups in total. The Balaban J connectivity index is 4.60. The van der Waals surface area contributed by atoms with E-state index in [2.05, 4.69) is 4.74 Å². The molecule has 2 unspecified atom stereocenters. The van der Waals surface area contributed by atoms with Gasteiger partial charge in [-0.05, 0) is 12.8 Å². The van der Waals surface area contributed by atoms with E-state index in [0.29, 0.717) is 19.3 Å². The standard InChI is InChI=1S/C11H20O3/c1-5-8(10(12)7-3)9(6-2)11(13)14-4/h8-9H,5-7H2,1-4H3. The first-order valence-corrected chi connectivity index (χ1v) is 5.22. The monoisotopic (exact) mass is 200 g/mol. The predicted octanol–water partition coefficient (Wildman–Crippen LogP) is 2.19. The minimum Gasteiger partial charge on any atom is -0.469 e. The second-order valence-corrected chi connectivity index (χ2v) is 3.37. The molecular weight excluding hydrogens is 180 g/mol. The van der Waals surface area contributed by atoms with Gasteiger partial charge in [0.1, 0.15) is 5.78 Å². The number of carbonyl (C=O) groups is 2. The van der Waals surface area contributed by atoms with E-state index in [1.165, 1.54) is 7.11 Å². The number of hydrogen-bond acceptors (Lipinski definition) is 3. The molecule has 2 atom stereocenters. The number of carbonyl (C=O) groups excluding carboxylic acids is 2. The van der Waals surface area contributed by atoms with E-state index in [9.17, 15) is 9.59 Å². The van der Waals surface area contributed by atoms with Gasteiger partial charge in [0.2, 0.25) is 0 Å². The lowest BCUT2D eigenvalue weighted by Gasteiger charge is -2.21. The molecule has 0 fully saturated rings. The molecule has 0 aliphatic carbocycles. The largest absolute Gasteiger partial charge is 0.469 e. The van der Waals surface area contributed by atoms with Crippen LogP contribution in [0, 0.1) is 11.8 Å². The first-order chi connectivity index (χ1) is 6.62. The quantitative estimate of drug-likeness (QED) is 0.617. The highest BCUT2D eigenvalue weighted by Crippen LogP contribution is 2.22. The Morgan fingerprint density at radius 2 is 1.57 bits per heavy atom. The van der Waals surface area contributed by atoms with Crippen LogP contribution < -0.4 is 0 Å². The van der Waals surface area contributed by atoms with E-state index in [-0.39, 0.29) is 23.6 Å². The summed E-state index contributed by atoms with van der Waals surface area (Å²) in [4.78, 5) is 22.9. The fourth-order valence-corrected chi connectivity index (χ4v) is 1.77. The zero-order valence-corrected chi connectivity index (χ0v) is 9.50. The zero-order valence-electron chi connectivity index (χ0n) is 9.50. The third-order valence-corrected chi connectivity index (χ3v) is 2.63. The van der Waals surface area contributed by atoms with Crippen LogP contribution in [0.4, 0.5) is 0 Å². The molecule has 0 aromatic rings. The van der Waals surface area contributed by atoms with Crippen molar-refractivity contribution in [2.45, 2.75) is 40.0 Å². The fraction of sp³-hybridized carbons (Fsp3) is 0.818. The third-order valence-electron chi connectivity index (χ3n) is 2.63. The average Bonchev–Trinajstić information content (AvgIpc) is 2.23. The van der Waals surface area contributed by atoms with Crippen LogP contribution in [0.2, 0.25) is 0 Å². The van der Waals surface area contributed by atoms with Gasteiger partial charge in [-0.2, -0.15) is 0 Å². The van der Waals surface area contributed by atoms with Crippen molar-refractivity contribution in [3.63, 3.8) is 0 Å². The summed E-state index contributed by atoms with van der Waals surface area (Å²) < 4.78 is 4.69. The fourth-order valence-electron chi connectivity index (χ4n) is 1.77. The van der Waals surface area contributed by atoms with E-state index in [1.807, 2.05) is 20.8 Å². The van der Waals surface area contributed by atoms with Gasteiger partial charge in [0.25, 0.3) is 0 Å². The number of esters is 1. The normalized spacial score (nSPS) is 14.6. The van der Waals surface area contributed by atoms with Crippen LogP contribution in [-0.4, -0.2) is 18.9 Å². The van der Waals surface area contributed by atoms with Gasteiger partial charge in [-0.25, -0.2) is 0 Å². The van der Waals surface area contributed by atoms with Crippen molar-refractivity contribution in [1.82, 2.24) is 0 Å². The molecule has 0 amide bonds. The highest BCUT2D eigenvalue weighted by atomic mass is 16.5. The summed E-state index contributed by atoms with van der Waals surface area (Å²) >= 11 is 0. The highest BCUT2D eigenvalue weighted by molar-refractivity contribution is 5.86. The van der Waals surface area contributed by atoms with Crippen molar-refractivity contribution in [2.24, 2.45) is 11.8 Å². The summed E-state index contributed by atoms with van der Waals surface area (Å²) in [5.74, 6) is -0.541.